The Balaban J connectivity index is 1.35. The lowest BCUT2D eigenvalue weighted by Gasteiger charge is -2.31. The van der Waals surface area contributed by atoms with Gasteiger partial charge in [0.25, 0.3) is 5.91 Å². The van der Waals surface area contributed by atoms with E-state index in [9.17, 15) is 13.2 Å². The van der Waals surface area contributed by atoms with Crippen LogP contribution in [0, 0.1) is 0 Å². The van der Waals surface area contributed by atoms with Crippen molar-refractivity contribution in [1.82, 2.24) is 14.2 Å². The number of benzene rings is 3. The van der Waals surface area contributed by atoms with Gasteiger partial charge in [0.2, 0.25) is 10.0 Å². The highest BCUT2D eigenvalue weighted by Crippen LogP contribution is 2.31. The fourth-order valence-electron chi connectivity index (χ4n) is 4.05. The fraction of sp³-hybridized carbons (Fsp3) is 0.200. The summed E-state index contributed by atoms with van der Waals surface area (Å²) >= 11 is 1.33. The second-order valence-electron chi connectivity index (χ2n) is 8.25. The third-order valence-electron chi connectivity index (χ3n) is 5.99. The van der Waals surface area contributed by atoms with E-state index in [1.54, 1.807) is 12.1 Å². The third kappa shape index (κ3) is 4.47. The van der Waals surface area contributed by atoms with E-state index < -0.39 is 15.9 Å². The summed E-state index contributed by atoms with van der Waals surface area (Å²) in [6.07, 6.45) is 0. The average Bonchev–Trinajstić information content (AvgIpc) is 3.32. The monoisotopic (exact) mass is 492 g/mol. The molecule has 0 aliphatic carbocycles. The molecule has 1 amide bonds. The van der Waals surface area contributed by atoms with Gasteiger partial charge in [0.15, 0.2) is 5.13 Å². The van der Waals surface area contributed by atoms with E-state index in [1.807, 2.05) is 36.7 Å². The molecule has 0 radical (unpaired) electrons. The van der Waals surface area contributed by atoms with Gasteiger partial charge >= 0.3 is 0 Å². The first-order valence-corrected chi connectivity index (χ1v) is 13.3. The van der Waals surface area contributed by atoms with E-state index in [0.29, 0.717) is 31.3 Å². The van der Waals surface area contributed by atoms with Gasteiger partial charge in [0.05, 0.1) is 10.6 Å². The number of anilines is 1. The Labute approximate surface area is 202 Å². The Hall–Kier alpha value is -3.11. The van der Waals surface area contributed by atoms with E-state index in [4.69, 9.17) is 0 Å². The van der Waals surface area contributed by atoms with Crippen molar-refractivity contribution in [1.29, 1.82) is 0 Å². The van der Waals surface area contributed by atoms with Crippen LogP contribution in [-0.2, 0) is 10.0 Å². The normalized spacial score (nSPS) is 15.4. The molecular weight excluding hydrogens is 468 g/mol. The number of aromatic nitrogens is 1. The molecule has 0 unspecified atom stereocenters. The minimum atomic E-state index is -3.65. The summed E-state index contributed by atoms with van der Waals surface area (Å²) in [5.74, 6) is -0.394. The van der Waals surface area contributed by atoms with Crippen LogP contribution in [0.2, 0.25) is 0 Å². The van der Waals surface area contributed by atoms with Gasteiger partial charge in [-0.3, -0.25) is 10.1 Å². The molecule has 0 atom stereocenters. The average molecular weight is 493 g/mol. The Kier molecular flexibility index (Phi) is 6.18. The van der Waals surface area contributed by atoms with Crippen LogP contribution in [-0.4, -0.2) is 61.7 Å². The van der Waals surface area contributed by atoms with Gasteiger partial charge in [-0.1, -0.05) is 48.5 Å². The zero-order valence-corrected chi connectivity index (χ0v) is 20.3. The summed E-state index contributed by atoms with van der Waals surface area (Å²) in [7, 11) is -1.68. The predicted octanol–water partition coefficient (Wildman–Crippen LogP) is 4.15. The van der Waals surface area contributed by atoms with Crippen LogP contribution in [0.5, 0.6) is 0 Å². The van der Waals surface area contributed by atoms with E-state index >= 15 is 0 Å². The molecule has 1 aromatic heterocycles. The molecule has 1 aliphatic rings. The summed E-state index contributed by atoms with van der Waals surface area (Å²) in [4.78, 5) is 19.7. The maximum atomic E-state index is 13.1. The van der Waals surface area contributed by atoms with Crippen molar-refractivity contribution < 1.29 is 13.2 Å². The van der Waals surface area contributed by atoms with Gasteiger partial charge in [-0.2, -0.15) is 4.31 Å². The van der Waals surface area contributed by atoms with Gasteiger partial charge in [-0.25, -0.2) is 13.4 Å². The highest BCUT2D eigenvalue weighted by atomic mass is 32.2. The standard InChI is InChI=1S/C25H24N4O3S2/c1-28-12-14-29(15-13-28)34(31,32)20-9-4-8-19(16-20)24(30)27-25-26-23(17-33-25)22-11-5-7-18-6-2-3-10-21(18)22/h2-11,16-17H,12-15H2,1H3,(H,26,27,30). The number of carbonyl (C=O) groups excluding carboxylic acids is 1. The maximum Gasteiger partial charge on any atom is 0.257 e. The number of carbonyl (C=O) groups is 1. The van der Waals surface area contributed by atoms with Gasteiger partial charge in [0.1, 0.15) is 0 Å². The number of fused-ring (bicyclic) bond motifs is 1. The molecular formula is C25H24N4O3S2. The van der Waals surface area contributed by atoms with Gasteiger partial charge in [0, 0.05) is 42.7 Å². The van der Waals surface area contributed by atoms with Crippen LogP contribution in [0.15, 0.2) is 77.0 Å². The first-order valence-electron chi connectivity index (χ1n) is 11.0. The van der Waals surface area contributed by atoms with Crippen molar-refractivity contribution in [3.05, 3.63) is 77.7 Å². The van der Waals surface area contributed by atoms with Crippen LogP contribution < -0.4 is 5.32 Å². The van der Waals surface area contributed by atoms with Gasteiger partial charge in [-0.05, 0) is 36.0 Å². The molecule has 1 saturated heterocycles. The van der Waals surface area contributed by atoms with Crippen LogP contribution in [0.3, 0.4) is 0 Å². The summed E-state index contributed by atoms with van der Waals surface area (Å²) in [5, 5.41) is 7.40. The Morgan fingerprint density at radius 1 is 0.971 bits per heavy atom. The molecule has 4 aromatic rings. The second kappa shape index (κ2) is 9.27. The van der Waals surface area contributed by atoms with Crippen LogP contribution in [0.1, 0.15) is 10.4 Å². The van der Waals surface area contributed by atoms with Crippen LogP contribution >= 0.6 is 11.3 Å². The maximum absolute atomic E-state index is 13.1. The topological polar surface area (TPSA) is 82.6 Å². The third-order valence-corrected chi connectivity index (χ3v) is 8.64. The van der Waals surface area contributed by atoms with E-state index in [1.165, 1.54) is 27.8 Å². The SMILES string of the molecule is CN1CCN(S(=O)(=O)c2cccc(C(=O)Nc3nc(-c4cccc5ccccc45)cs3)c2)CC1. The summed E-state index contributed by atoms with van der Waals surface area (Å²) < 4.78 is 27.6. The Morgan fingerprint density at radius 2 is 1.71 bits per heavy atom. The first kappa shape index (κ1) is 22.7. The molecule has 1 N–H and O–H groups in total. The Morgan fingerprint density at radius 3 is 2.53 bits per heavy atom. The first-order chi connectivity index (χ1) is 16.4. The molecule has 7 nitrogen and oxygen atoms in total. The molecule has 3 aromatic carbocycles. The number of thiazole rings is 1. The fourth-order valence-corrected chi connectivity index (χ4v) is 6.22. The molecule has 0 bridgehead atoms. The minimum absolute atomic E-state index is 0.125. The van der Waals surface area contributed by atoms with Crippen LogP contribution in [0.25, 0.3) is 22.0 Å². The zero-order chi connectivity index (χ0) is 23.7. The minimum Gasteiger partial charge on any atom is -0.304 e. The Bertz CT molecular complexity index is 1450. The van der Waals surface area contributed by atoms with Crippen molar-refractivity contribution in [2.75, 3.05) is 38.5 Å². The molecule has 174 valence electrons. The number of nitrogens with zero attached hydrogens (tertiary/aromatic N) is 3. The smallest absolute Gasteiger partial charge is 0.257 e. The zero-order valence-electron chi connectivity index (χ0n) is 18.6. The lowest BCUT2D eigenvalue weighted by molar-refractivity contribution is 0.102. The van der Waals surface area contributed by atoms with E-state index in [-0.39, 0.29) is 10.5 Å². The predicted molar refractivity (Wildman–Crippen MR) is 136 cm³/mol. The van der Waals surface area contributed by atoms with E-state index in [0.717, 1.165) is 22.0 Å². The number of likely N-dealkylation sites (N-methyl/N-ethyl adjacent to an activating group) is 1. The number of rotatable bonds is 5. The van der Waals surface area contributed by atoms with Crippen molar-refractivity contribution >= 4 is 43.2 Å². The number of hydrogen-bond acceptors (Lipinski definition) is 6. The summed E-state index contributed by atoms with van der Waals surface area (Å²) in [6.45, 7) is 2.24. The number of amides is 1. The van der Waals surface area contributed by atoms with Crippen molar-refractivity contribution in [3.63, 3.8) is 0 Å². The number of hydrogen-bond donors (Lipinski definition) is 1. The van der Waals surface area contributed by atoms with Gasteiger partial charge in [-0.15, -0.1) is 11.3 Å². The molecule has 9 heteroatoms. The summed E-state index contributed by atoms with van der Waals surface area (Å²) in [5.41, 5.74) is 2.05. The molecule has 0 saturated carbocycles. The number of nitrogens with one attached hydrogen (secondary N) is 1. The highest BCUT2D eigenvalue weighted by Gasteiger charge is 2.28. The quantitative estimate of drug-likeness (QED) is 0.453. The second-order valence-corrected chi connectivity index (χ2v) is 11.0. The van der Waals surface area contributed by atoms with E-state index in [2.05, 4.69) is 33.4 Å². The highest BCUT2D eigenvalue weighted by molar-refractivity contribution is 7.89. The summed E-state index contributed by atoms with van der Waals surface area (Å²) in [6, 6.07) is 20.3. The largest absolute Gasteiger partial charge is 0.304 e. The number of piperazine rings is 1. The molecule has 5 rings (SSSR count). The van der Waals surface area contributed by atoms with Crippen molar-refractivity contribution in [2.45, 2.75) is 4.90 Å². The molecule has 1 fully saturated rings. The molecule has 1 aliphatic heterocycles. The van der Waals surface area contributed by atoms with Crippen molar-refractivity contribution in [2.24, 2.45) is 0 Å². The lowest BCUT2D eigenvalue weighted by atomic mass is 10.0. The van der Waals surface area contributed by atoms with Crippen LogP contribution in [0.4, 0.5) is 5.13 Å². The number of sulfonamides is 1. The van der Waals surface area contributed by atoms with Crippen molar-refractivity contribution in [3.8, 4) is 11.3 Å². The van der Waals surface area contributed by atoms with Gasteiger partial charge < -0.3 is 4.90 Å². The lowest BCUT2D eigenvalue weighted by Crippen LogP contribution is -2.47. The molecule has 2 heterocycles. The molecule has 0 spiro atoms. The molecule has 34 heavy (non-hydrogen) atoms.